The number of aromatic nitrogens is 4. The van der Waals surface area contributed by atoms with E-state index in [1.54, 1.807) is 7.05 Å². The molecule has 7 nitrogen and oxygen atoms in total. The number of aliphatic imine (C=N–C) groups is 1. The van der Waals surface area contributed by atoms with Crippen molar-refractivity contribution in [2.24, 2.45) is 12.0 Å². The fourth-order valence-electron chi connectivity index (χ4n) is 3.82. The predicted octanol–water partition coefficient (Wildman–Crippen LogP) is 3.14. The van der Waals surface area contributed by atoms with E-state index in [1.165, 1.54) is 16.8 Å². The summed E-state index contributed by atoms with van der Waals surface area (Å²) in [5, 5.41) is 16.2. The second kappa shape index (κ2) is 9.15. The van der Waals surface area contributed by atoms with Gasteiger partial charge in [0.1, 0.15) is 0 Å². The van der Waals surface area contributed by atoms with Gasteiger partial charge in [-0.05, 0) is 58.7 Å². The van der Waals surface area contributed by atoms with Crippen LogP contribution in [0.5, 0.6) is 0 Å². The molecular formula is C23H33N7. The molecule has 1 aromatic carbocycles. The van der Waals surface area contributed by atoms with E-state index in [2.05, 4.69) is 67.5 Å². The monoisotopic (exact) mass is 407 g/mol. The maximum Gasteiger partial charge on any atom is 0.191 e. The van der Waals surface area contributed by atoms with Crippen LogP contribution in [0.2, 0.25) is 0 Å². The summed E-state index contributed by atoms with van der Waals surface area (Å²) in [4.78, 5) is 4.41. The summed E-state index contributed by atoms with van der Waals surface area (Å²) in [7, 11) is 3.79. The number of hydrogen-bond acceptors (Lipinski definition) is 3. The summed E-state index contributed by atoms with van der Waals surface area (Å²) >= 11 is 0. The number of guanidine groups is 1. The van der Waals surface area contributed by atoms with Crippen LogP contribution < -0.4 is 10.6 Å². The van der Waals surface area contributed by atoms with Crippen molar-refractivity contribution in [2.75, 3.05) is 7.05 Å². The zero-order chi connectivity index (χ0) is 21.8. The number of rotatable bonds is 6. The Morgan fingerprint density at radius 1 is 1.00 bits per heavy atom. The first-order chi connectivity index (χ1) is 14.3. The third kappa shape index (κ3) is 4.56. The van der Waals surface area contributed by atoms with E-state index in [-0.39, 0.29) is 6.04 Å². The molecule has 7 heteroatoms. The van der Waals surface area contributed by atoms with Crippen molar-refractivity contribution in [2.45, 2.75) is 53.6 Å². The minimum absolute atomic E-state index is 0.229. The largest absolute Gasteiger partial charge is 0.354 e. The highest BCUT2D eigenvalue weighted by Gasteiger charge is 2.16. The molecule has 30 heavy (non-hydrogen) atoms. The molecule has 0 aliphatic heterocycles. The Balaban J connectivity index is 1.65. The summed E-state index contributed by atoms with van der Waals surface area (Å²) in [5.41, 5.74) is 8.01. The average molecular weight is 408 g/mol. The minimum Gasteiger partial charge on any atom is -0.354 e. The molecule has 0 radical (unpaired) electrons. The second-order valence-electron chi connectivity index (χ2n) is 7.84. The molecule has 2 heterocycles. The van der Waals surface area contributed by atoms with Crippen LogP contribution in [0, 0.1) is 27.7 Å². The van der Waals surface area contributed by atoms with Gasteiger partial charge in [0.05, 0.1) is 17.1 Å². The lowest BCUT2D eigenvalue weighted by atomic mass is 10.1. The average Bonchev–Trinajstić information content (AvgIpc) is 3.15. The second-order valence-corrected chi connectivity index (χ2v) is 7.84. The molecule has 0 bridgehead atoms. The van der Waals surface area contributed by atoms with E-state index < -0.39 is 0 Å². The molecule has 1 atom stereocenters. The quantitative estimate of drug-likeness (QED) is 0.486. The van der Waals surface area contributed by atoms with Gasteiger partial charge in [-0.25, -0.2) is 4.68 Å². The molecule has 0 spiro atoms. The Morgan fingerprint density at radius 2 is 1.67 bits per heavy atom. The van der Waals surface area contributed by atoms with Gasteiger partial charge in [0.15, 0.2) is 5.96 Å². The van der Waals surface area contributed by atoms with Gasteiger partial charge in [-0.1, -0.05) is 18.2 Å². The number of nitrogens with zero attached hydrogens (tertiary/aromatic N) is 5. The van der Waals surface area contributed by atoms with Crippen LogP contribution in [-0.4, -0.2) is 38.6 Å². The molecule has 3 aromatic rings. The van der Waals surface area contributed by atoms with Crippen LogP contribution >= 0.6 is 0 Å². The van der Waals surface area contributed by atoms with E-state index in [0.717, 1.165) is 35.1 Å². The maximum atomic E-state index is 4.73. The molecule has 0 saturated carbocycles. The summed E-state index contributed by atoms with van der Waals surface area (Å²) in [6.07, 6.45) is 0.899. The molecule has 160 valence electrons. The molecule has 1 unspecified atom stereocenters. The van der Waals surface area contributed by atoms with E-state index in [1.807, 2.05) is 34.6 Å². The fraction of sp³-hybridized carbons (Fsp3) is 0.435. The first-order valence-electron chi connectivity index (χ1n) is 10.4. The fourth-order valence-corrected chi connectivity index (χ4v) is 3.82. The predicted molar refractivity (Wildman–Crippen MR) is 122 cm³/mol. The normalized spacial score (nSPS) is 12.8. The zero-order valence-electron chi connectivity index (χ0n) is 19.1. The molecule has 0 fully saturated rings. The third-order valence-corrected chi connectivity index (χ3v) is 5.65. The standard InChI is InChI=1S/C23H33N7/c1-15(13-21-16(2)27-29(7)18(21)4)26-23(24-6)25-14-22-17(3)28-30(19(22)5)20-11-9-8-10-12-20/h8-12,15H,13-14H2,1-7H3,(H2,24,25,26). The minimum atomic E-state index is 0.229. The molecule has 0 aliphatic rings. The van der Waals surface area contributed by atoms with E-state index in [9.17, 15) is 0 Å². The topological polar surface area (TPSA) is 72.1 Å². The Morgan fingerprint density at radius 3 is 2.27 bits per heavy atom. The van der Waals surface area contributed by atoms with Crippen molar-refractivity contribution in [1.29, 1.82) is 0 Å². The maximum absolute atomic E-state index is 4.73. The van der Waals surface area contributed by atoms with Crippen molar-refractivity contribution in [1.82, 2.24) is 30.2 Å². The van der Waals surface area contributed by atoms with Crippen LogP contribution in [0.15, 0.2) is 35.3 Å². The van der Waals surface area contributed by atoms with Gasteiger partial charge in [0.2, 0.25) is 0 Å². The van der Waals surface area contributed by atoms with Gasteiger partial charge in [-0.15, -0.1) is 0 Å². The van der Waals surface area contributed by atoms with E-state index in [0.29, 0.717) is 6.54 Å². The zero-order valence-corrected chi connectivity index (χ0v) is 19.1. The van der Waals surface area contributed by atoms with E-state index >= 15 is 0 Å². The van der Waals surface area contributed by atoms with Gasteiger partial charge in [-0.3, -0.25) is 9.67 Å². The smallest absolute Gasteiger partial charge is 0.191 e. The van der Waals surface area contributed by atoms with Crippen molar-refractivity contribution < 1.29 is 0 Å². The lowest BCUT2D eigenvalue weighted by Gasteiger charge is -2.18. The van der Waals surface area contributed by atoms with Gasteiger partial charge in [0.25, 0.3) is 0 Å². The van der Waals surface area contributed by atoms with Gasteiger partial charge < -0.3 is 10.6 Å². The number of aryl methyl sites for hydroxylation is 3. The van der Waals surface area contributed by atoms with Crippen LogP contribution in [0.4, 0.5) is 0 Å². The Labute approximate surface area is 179 Å². The number of nitrogens with one attached hydrogen (secondary N) is 2. The van der Waals surface area contributed by atoms with Crippen molar-refractivity contribution in [3.63, 3.8) is 0 Å². The van der Waals surface area contributed by atoms with Crippen LogP contribution in [0.3, 0.4) is 0 Å². The first-order valence-corrected chi connectivity index (χ1v) is 10.4. The number of benzene rings is 1. The van der Waals surface area contributed by atoms with Gasteiger partial charge in [0, 0.05) is 43.6 Å². The van der Waals surface area contributed by atoms with Crippen LogP contribution in [-0.2, 0) is 20.0 Å². The lowest BCUT2D eigenvalue weighted by Crippen LogP contribution is -2.43. The van der Waals surface area contributed by atoms with Crippen molar-refractivity contribution >= 4 is 5.96 Å². The van der Waals surface area contributed by atoms with Crippen molar-refractivity contribution in [3.8, 4) is 5.69 Å². The van der Waals surface area contributed by atoms with Crippen molar-refractivity contribution in [3.05, 3.63) is 64.2 Å². The Hall–Kier alpha value is -3.09. The number of hydrogen-bond donors (Lipinski definition) is 2. The molecule has 2 N–H and O–H groups in total. The molecular weight excluding hydrogens is 374 g/mol. The summed E-state index contributed by atoms with van der Waals surface area (Å²) in [6, 6.07) is 10.4. The summed E-state index contributed by atoms with van der Waals surface area (Å²) in [5.74, 6) is 0.785. The molecule has 2 aromatic heterocycles. The van der Waals surface area contributed by atoms with Crippen LogP contribution in [0.25, 0.3) is 5.69 Å². The first kappa shape index (κ1) is 21.6. The highest BCUT2D eigenvalue weighted by Crippen LogP contribution is 2.18. The molecule has 0 aliphatic carbocycles. The van der Waals surface area contributed by atoms with Gasteiger partial charge >= 0.3 is 0 Å². The number of para-hydroxylation sites is 1. The third-order valence-electron chi connectivity index (χ3n) is 5.65. The van der Waals surface area contributed by atoms with E-state index in [4.69, 9.17) is 5.10 Å². The Bertz CT molecular complexity index is 1030. The summed E-state index contributed by atoms with van der Waals surface area (Å²) in [6.45, 7) is 11.2. The molecule has 0 amide bonds. The Kier molecular flexibility index (Phi) is 6.59. The SMILES string of the molecule is CN=C(NCc1c(C)nn(-c2ccccc2)c1C)NC(C)Cc1c(C)nn(C)c1C. The highest BCUT2D eigenvalue weighted by molar-refractivity contribution is 5.80. The summed E-state index contributed by atoms with van der Waals surface area (Å²) < 4.78 is 3.94. The lowest BCUT2D eigenvalue weighted by molar-refractivity contribution is 0.635. The highest BCUT2D eigenvalue weighted by atomic mass is 15.3. The van der Waals surface area contributed by atoms with Gasteiger partial charge in [-0.2, -0.15) is 10.2 Å². The van der Waals surface area contributed by atoms with Crippen LogP contribution in [0.1, 0.15) is 40.8 Å². The molecule has 3 rings (SSSR count). The molecule has 0 saturated heterocycles.